The number of ether oxygens (including phenoxy) is 1. The third-order valence-corrected chi connectivity index (χ3v) is 6.91. The van der Waals surface area contributed by atoms with Gasteiger partial charge in [-0.05, 0) is 25.5 Å². The molecule has 1 fully saturated rings. The summed E-state index contributed by atoms with van der Waals surface area (Å²) >= 11 is 1.50. The van der Waals surface area contributed by atoms with Crippen LogP contribution in [0.15, 0.2) is 41.4 Å². The van der Waals surface area contributed by atoms with E-state index < -0.39 is 29.9 Å². The minimum absolute atomic E-state index is 0.0773. The van der Waals surface area contributed by atoms with Crippen LogP contribution in [0.4, 0.5) is 4.79 Å². The van der Waals surface area contributed by atoms with Crippen molar-refractivity contribution >= 4 is 35.6 Å². The van der Waals surface area contributed by atoms with E-state index in [9.17, 15) is 24.3 Å². The van der Waals surface area contributed by atoms with E-state index in [0.29, 0.717) is 10.9 Å². The molecule has 0 radical (unpaired) electrons. The molecule has 0 saturated carbocycles. The minimum Gasteiger partial charge on any atom is -0.481 e. The molecular weight excluding hydrogens is 510 g/mol. The fourth-order valence-corrected chi connectivity index (χ4v) is 4.60. The SMILES string of the molecule is CCCSc1cc(C(=O)N[C@@H](CCC(=O)O)C(=O)N2CCN(C(=O)OCC)CC2)nc(-c2ccccc2)n1. The van der Waals surface area contributed by atoms with Crippen LogP contribution in [0.5, 0.6) is 0 Å². The molecule has 1 atom stereocenters. The van der Waals surface area contributed by atoms with E-state index >= 15 is 0 Å². The molecule has 1 aromatic heterocycles. The second kappa shape index (κ2) is 14.3. The van der Waals surface area contributed by atoms with Crippen LogP contribution in [-0.4, -0.2) is 93.3 Å². The number of nitrogens with one attached hydrogen (secondary N) is 1. The highest BCUT2D eigenvalue weighted by Crippen LogP contribution is 2.22. The number of hydrogen-bond acceptors (Lipinski definition) is 8. The van der Waals surface area contributed by atoms with Crippen molar-refractivity contribution in [2.75, 3.05) is 38.5 Å². The lowest BCUT2D eigenvalue weighted by Crippen LogP contribution is -2.56. The van der Waals surface area contributed by atoms with Crippen molar-refractivity contribution in [3.8, 4) is 11.4 Å². The molecule has 0 aliphatic carbocycles. The van der Waals surface area contributed by atoms with Crippen molar-refractivity contribution < 1.29 is 29.0 Å². The number of carbonyl (C=O) groups excluding carboxylic acids is 3. The van der Waals surface area contributed by atoms with Crippen LogP contribution in [-0.2, 0) is 14.3 Å². The highest BCUT2D eigenvalue weighted by molar-refractivity contribution is 7.99. The summed E-state index contributed by atoms with van der Waals surface area (Å²) in [6, 6.07) is 9.80. The molecule has 204 valence electrons. The van der Waals surface area contributed by atoms with Crippen molar-refractivity contribution in [1.82, 2.24) is 25.1 Å². The third-order valence-electron chi connectivity index (χ3n) is 5.79. The van der Waals surface area contributed by atoms with Crippen LogP contribution in [0.1, 0.15) is 43.6 Å². The summed E-state index contributed by atoms with van der Waals surface area (Å²) in [4.78, 5) is 61.9. The molecule has 2 heterocycles. The number of aromatic nitrogens is 2. The first-order valence-electron chi connectivity index (χ1n) is 12.6. The first-order chi connectivity index (χ1) is 18.3. The maximum atomic E-state index is 13.3. The van der Waals surface area contributed by atoms with Crippen LogP contribution >= 0.6 is 11.8 Å². The van der Waals surface area contributed by atoms with Gasteiger partial charge < -0.3 is 25.0 Å². The lowest BCUT2D eigenvalue weighted by Gasteiger charge is -2.35. The molecular formula is C26H33N5O6S. The Morgan fingerprint density at radius 1 is 1.05 bits per heavy atom. The largest absolute Gasteiger partial charge is 0.481 e. The lowest BCUT2D eigenvalue weighted by molar-refractivity contribution is -0.138. The number of piperazine rings is 1. The van der Waals surface area contributed by atoms with E-state index in [2.05, 4.69) is 15.3 Å². The molecule has 0 unspecified atom stereocenters. The van der Waals surface area contributed by atoms with Gasteiger partial charge >= 0.3 is 12.1 Å². The molecule has 0 bridgehead atoms. The Morgan fingerprint density at radius 2 is 1.74 bits per heavy atom. The summed E-state index contributed by atoms with van der Waals surface area (Å²) in [5.41, 5.74) is 0.844. The Balaban J connectivity index is 1.78. The summed E-state index contributed by atoms with van der Waals surface area (Å²) < 4.78 is 5.01. The summed E-state index contributed by atoms with van der Waals surface area (Å²) in [7, 11) is 0. The van der Waals surface area contributed by atoms with Crippen LogP contribution in [0, 0.1) is 0 Å². The van der Waals surface area contributed by atoms with Crippen LogP contribution < -0.4 is 5.32 Å². The van der Waals surface area contributed by atoms with E-state index in [4.69, 9.17) is 4.74 Å². The van der Waals surface area contributed by atoms with Crippen molar-refractivity contribution in [2.24, 2.45) is 0 Å². The highest BCUT2D eigenvalue weighted by Gasteiger charge is 2.31. The number of carbonyl (C=O) groups is 4. The normalized spacial score (nSPS) is 14.1. The van der Waals surface area contributed by atoms with Gasteiger partial charge in [0.15, 0.2) is 5.82 Å². The maximum Gasteiger partial charge on any atom is 0.409 e. The smallest absolute Gasteiger partial charge is 0.409 e. The fourth-order valence-electron chi connectivity index (χ4n) is 3.84. The number of amides is 3. The summed E-state index contributed by atoms with van der Waals surface area (Å²) in [6.07, 6.45) is 0.110. The fraction of sp³-hybridized carbons (Fsp3) is 0.462. The average molecular weight is 544 g/mol. The molecule has 2 N–H and O–H groups in total. The third kappa shape index (κ3) is 8.17. The van der Waals surface area contributed by atoms with Gasteiger partial charge in [0.1, 0.15) is 16.8 Å². The van der Waals surface area contributed by atoms with Gasteiger partial charge in [-0.15, -0.1) is 11.8 Å². The van der Waals surface area contributed by atoms with Crippen molar-refractivity contribution in [3.05, 3.63) is 42.1 Å². The Bertz CT molecular complexity index is 1120. The number of benzene rings is 1. The second-order valence-corrected chi connectivity index (χ2v) is 9.71. The number of carboxylic acids is 1. The molecule has 38 heavy (non-hydrogen) atoms. The van der Waals surface area contributed by atoms with Gasteiger partial charge in [-0.2, -0.15) is 0 Å². The zero-order valence-electron chi connectivity index (χ0n) is 21.6. The number of hydrogen-bond donors (Lipinski definition) is 2. The van der Waals surface area contributed by atoms with Gasteiger partial charge in [0.05, 0.1) is 6.61 Å². The number of nitrogens with zero attached hydrogens (tertiary/aromatic N) is 4. The van der Waals surface area contributed by atoms with E-state index in [1.165, 1.54) is 21.6 Å². The molecule has 11 nitrogen and oxygen atoms in total. The predicted molar refractivity (Wildman–Crippen MR) is 142 cm³/mol. The summed E-state index contributed by atoms with van der Waals surface area (Å²) in [5.74, 6) is -0.863. The van der Waals surface area contributed by atoms with Gasteiger partial charge in [0.2, 0.25) is 5.91 Å². The quantitative estimate of drug-likeness (QED) is 0.323. The number of aliphatic carboxylic acids is 1. The first kappa shape index (κ1) is 28.9. The zero-order chi connectivity index (χ0) is 27.5. The monoisotopic (exact) mass is 543 g/mol. The topological polar surface area (TPSA) is 142 Å². The molecule has 3 rings (SSSR count). The Labute approximate surface area is 226 Å². The van der Waals surface area contributed by atoms with Gasteiger partial charge in [-0.25, -0.2) is 14.8 Å². The molecule has 3 amide bonds. The summed E-state index contributed by atoms with van der Waals surface area (Å²) in [5, 5.41) is 12.6. The average Bonchev–Trinajstić information content (AvgIpc) is 2.94. The standard InChI is InChI=1S/C26H33N5O6S/c1-3-16-38-21-17-20(27-23(29-21)18-8-6-5-7-9-18)24(34)28-19(10-11-22(32)33)25(35)30-12-14-31(15-13-30)26(36)37-4-2/h5-9,17,19H,3-4,10-16H2,1-2H3,(H,28,34)(H,32,33)/t19-/m0/s1. The van der Waals surface area contributed by atoms with E-state index in [-0.39, 0.29) is 51.3 Å². The number of rotatable bonds is 11. The van der Waals surface area contributed by atoms with Gasteiger partial charge in [-0.1, -0.05) is 37.3 Å². The van der Waals surface area contributed by atoms with Gasteiger partial charge in [-0.3, -0.25) is 14.4 Å². The van der Waals surface area contributed by atoms with E-state index in [1.807, 2.05) is 37.3 Å². The minimum atomic E-state index is -1.07. The Hall–Kier alpha value is -3.67. The molecule has 0 spiro atoms. The van der Waals surface area contributed by atoms with E-state index in [1.54, 1.807) is 13.0 Å². The molecule has 1 saturated heterocycles. The summed E-state index contributed by atoms with van der Waals surface area (Å²) in [6.45, 7) is 5.10. The zero-order valence-corrected chi connectivity index (χ0v) is 22.4. The van der Waals surface area contributed by atoms with Crippen molar-refractivity contribution in [1.29, 1.82) is 0 Å². The van der Waals surface area contributed by atoms with E-state index in [0.717, 1.165) is 17.7 Å². The molecule has 1 aromatic carbocycles. The van der Waals surface area contributed by atoms with Crippen molar-refractivity contribution in [3.63, 3.8) is 0 Å². The Kier molecular flexibility index (Phi) is 10.9. The predicted octanol–water partition coefficient (Wildman–Crippen LogP) is 2.91. The van der Waals surface area contributed by atoms with Crippen LogP contribution in [0.25, 0.3) is 11.4 Å². The highest BCUT2D eigenvalue weighted by atomic mass is 32.2. The van der Waals surface area contributed by atoms with Crippen molar-refractivity contribution in [2.45, 2.75) is 44.2 Å². The Morgan fingerprint density at radius 3 is 2.37 bits per heavy atom. The molecule has 1 aliphatic heterocycles. The first-order valence-corrected chi connectivity index (χ1v) is 13.6. The molecule has 1 aliphatic rings. The van der Waals surface area contributed by atoms with Crippen LogP contribution in [0.2, 0.25) is 0 Å². The van der Waals surface area contributed by atoms with Gasteiger partial charge in [0, 0.05) is 44.2 Å². The number of carboxylic acid groups (broad SMARTS) is 1. The molecule has 2 aromatic rings. The number of thioether (sulfide) groups is 1. The molecule has 12 heteroatoms. The van der Waals surface area contributed by atoms with Gasteiger partial charge in [0.25, 0.3) is 5.91 Å². The lowest BCUT2D eigenvalue weighted by atomic mass is 10.1. The van der Waals surface area contributed by atoms with Crippen LogP contribution in [0.3, 0.4) is 0 Å². The maximum absolute atomic E-state index is 13.3. The second-order valence-electron chi connectivity index (χ2n) is 8.60.